The molecule has 1 aliphatic heterocycles. The summed E-state index contributed by atoms with van der Waals surface area (Å²) in [7, 11) is -7.11. The first kappa shape index (κ1) is 19.0. The van der Waals surface area contributed by atoms with Crippen LogP contribution >= 0.6 is 0 Å². The lowest BCUT2D eigenvalue weighted by Gasteiger charge is -2.38. The van der Waals surface area contributed by atoms with E-state index in [1.54, 1.807) is 6.92 Å². The third-order valence-electron chi connectivity index (χ3n) is 2.73. The second-order valence-corrected chi connectivity index (χ2v) is 17.5. The molecule has 1 saturated heterocycles. The highest BCUT2D eigenvalue weighted by Crippen LogP contribution is 2.21. The minimum atomic E-state index is -2.20. The number of hydrogen-bond donors (Lipinski definition) is 0. The Kier molecular flexibility index (Phi) is 7.19. The van der Waals surface area contributed by atoms with Crippen molar-refractivity contribution in [2.75, 3.05) is 6.61 Å². The Bertz CT molecular complexity index is 387. The molecule has 6 nitrogen and oxygen atoms in total. The highest BCUT2D eigenvalue weighted by atomic mass is 28.5. The average Bonchev–Trinajstić information content (AvgIpc) is 2.30. The fourth-order valence-corrected chi connectivity index (χ4v) is 15.7. The van der Waals surface area contributed by atoms with Crippen LogP contribution in [0.25, 0.3) is 0 Å². The fourth-order valence-electron chi connectivity index (χ4n) is 1.93. The van der Waals surface area contributed by atoms with Gasteiger partial charge in [0, 0.05) is 5.57 Å². The quantitative estimate of drug-likeness (QED) is 0.315. The van der Waals surface area contributed by atoms with Gasteiger partial charge < -0.3 is 21.2 Å². The predicted molar refractivity (Wildman–Crippen MR) is 90.2 cm³/mol. The van der Waals surface area contributed by atoms with E-state index in [-0.39, 0.29) is 5.97 Å². The Morgan fingerprint density at radius 3 is 2.57 bits per heavy atom. The van der Waals surface area contributed by atoms with E-state index in [4.69, 9.17) is 21.2 Å². The van der Waals surface area contributed by atoms with Crippen molar-refractivity contribution in [1.82, 2.24) is 0 Å². The summed E-state index contributed by atoms with van der Waals surface area (Å²) in [5.41, 5.74) is 0.417. The topological polar surface area (TPSA) is 63.2 Å². The zero-order valence-corrected chi connectivity index (χ0v) is 18.1. The molecule has 21 heavy (non-hydrogen) atoms. The molecule has 0 bridgehead atoms. The lowest BCUT2D eigenvalue weighted by atomic mass is 10.4. The van der Waals surface area contributed by atoms with Crippen molar-refractivity contribution in [2.45, 2.75) is 45.6 Å². The van der Waals surface area contributed by atoms with E-state index < -0.39 is 36.4 Å². The second kappa shape index (κ2) is 7.96. The third kappa shape index (κ3) is 7.65. The Labute approximate surface area is 133 Å². The molecular weight excluding hydrogens is 340 g/mol. The molecule has 10 heteroatoms. The van der Waals surface area contributed by atoms with Crippen molar-refractivity contribution in [3.05, 3.63) is 12.2 Å². The summed E-state index contributed by atoms with van der Waals surface area (Å²) >= 11 is 0. The van der Waals surface area contributed by atoms with Crippen molar-refractivity contribution in [3.63, 3.8) is 0 Å². The van der Waals surface area contributed by atoms with E-state index in [1.165, 1.54) is 0 Å². The van der Waals surface area contributed by atoms with Gasteiger partial charge in [0.15, 0.2) is 0 Å². The van der Waals surface area contributed by atoms with Crippen LogP contribution < -0.4 is 0 Å². The Balaban J connectivity index is 2.38. The standard InChI is InChI=1S/C11H26O6Si4/c1-10(2)11(12)13-8-7-9-19-14-18-15-20(3,4)17-21(5,6)16-19/h19H,1,7-9,18H2,2-6H3. The first-order valence-electron chi connectivity index (χ1n) is 7.07. The summed E-state index contributed by atoms with van der Waals surface area (Å²) in [6, 6.07) is 0.793. The maximum absolute atomic E-state index is 11.3. The molecule has 0 aromatic heterocycles. The van der Waals surface area contributed by atoms with Gasteiger partial charge in [0.2, 0.25) is 0 Å². The average molecular weight is 367 g/mol. The van der Waals surface area contributed by atoms with Gasteiger partial charge in [0.05, 0.1) is 6.61 Å². The van der Waals surface area contributed by atoms with E-state index in [0.717, 1.165) is 12.5 Å². The van der Waals surface area contributed by atoms with E-state index >= 15 is 0 Å². The van der Waals surface area contributed by atoms with E-state index in [1.807, 2.05) is 26.2 Å². The number of carbonyl (C=O) groups excluding carboxylic acids is 1. The van der Waals surface area contributed by atoms with Crippen LogP contribution in [-0.2, 0) is 26.0 Å². The number of esters is 1. The van der Waals surface area contributed by atoms with Crippen molar-refractivity contribution >= 4 is 42.4 Å². The van der Waals surface area contributed by atoms with Gasteiger partial charge in [-0.15, -0.1) is 0 Å². The molecular formula is C11H26O6Si4. The Hall–Kier alpha value is -0.0825. The SMILES string of the molecule is C=C(C)C(=O)OCCC[SiH]1O[SiH2]O[Si](C)(C)O[Si](C)(C)O1. The maximum Gasteiger partial charge on any atom is 0.333 e. The normalized spacial score (nSPS) is 25.9. The largest absolute Gasteiger partial charge is 0.462 e. The highest BCUT2D eigenvalue weighted by molar-refractivity contribution is 6.84. The van der Waals surface area contributed by atoms with Gasteiger partial charge in [0.1, 0.15) is 0 Å². The van der Waals surface area contributed by atoms with Crippen LogP contribution in [0.1, 0.15) is 13.3 Å². The highest BCUT2D eigenvalue weighted by Gasteiger charge is 2.40. The first-order chi connectivity index (χ1) is 9.61. The molecule has 1 aliphatic rings. The molecule has 0 amide bonds. The Morgan fingerprint density at radius 2 is 1.95 bits per heavy atom. The lowest BCUT2D eigenvalue weighted by molar-refractivity contribution is -0.138. The van der Waals surface area contributed by atoms with Gasteiger partial charge in [0.25, 0.3) is 10.0 Å². The lowest BCUT2D eigenvalue weighted by Crippen LogP contribution is -2.55. The molecule has 0 saturated carbocycles. The molecule has 0 N–H and O–H groups in total. The predicted octanol–water partition coefficient (Wildman–Crippen LogP) is 1.20. The molecule has 1 rings (SSSR count). The molecule has 1 atom stereocenters. The van der Waals surface area contributed by atoms with Crippen LogP contribution in [0, 0.1) is 0 Å². The summed E-state index contributed by atoms with van der Waals surface area (Å²) in [6.07, 6.45) is 0.732. The maximum atomic E-state index is 11.3. The summed E-state index contributed by atoms with van der Waals surface area (Å²) in [6.45, 7) is 13.7. The summed E-state index contributed by atoms with van der Waals surface area (Å²) in [5, 5.41) is 0. The van der Waals surface area contributed by atoms with Gasteiger partial charge in [-0.3, -0.25) is 0 Å². The van der Waals surface area contributed by atoms with Crippen molar-refractivity contribution in [3.8, 4) is 0 Å². The number of carbonyl (C=O) groups is 1. The van der Waals surface area contributed by atoms with Crippen molar-refractivity contribution in [1.29, 1.82) is 0 Å². The number of ether oxygens (including phenoxy) is 1. The smallest absolute Gasteiger partial charge is 0.333 e. The van der Waals surface area contributed by atoms with Gasteiger partial charge in [-0.05, 0) is 45.6 Å². The second-order valence-electron chi connectivity index (χ2n) is 5.94. The van der Waals surface area contributed by atoms with Crippen LogP contribution in [0.15, 0.2) is 12.2 Å². The van der Waals surface area contributed by atoms with Crippen LogP contribution in [0.5, 0.6) is 0 Å². The van der Waals surface area contributed by atoms with Crippen LogP contribution in [0.4, 0.5) is 0 Å². The minimum absolute atomic E-state index is 0.348. The first-order valence-corrected chi connectivity index (χ1v) is 15.6. The molecule has 1 heterocycles. The van der Waals surface area contributed by atoms with Gasteiger partial charge in [-0.25, -0.2) is 4.79 Å². The van der Waals surface area contributed by atoms with Gasteiger partial charge in [-0.2, -0.15) is 0 Å². The monoisotopic (exact) mass is 366 g/mol. The van der Waals surface area contributed by atoms with E-state index in [2.05, 4.69) is 6.58 Å². The minimum Gasteiger partial charge on any atom is -0.462 e. The summed E-state index contributed by atoms with van der Waals surface area (Å²) < 4.78 is 29.0. The molecule has 0 radical (unpaired) electrons. The fraction of sp³-hybridized carbons (Fsp3) is 0.727. The molecule has 0 aromatic rings. The molecule has 0 aromatic carbocycles. The van der Waals surface area contributed by atoms with Gasteiger partial charge in [-0.1, -0.05) is 6.58 Å². The number of rotatable bonds is 5. The van der Waals surface area contributed by atoms with E-state index in [9.17, 15) is 4.79 Å². The van der Waals surface area contributed by atoms with Crippen LogP contribution in [0.2, 0.25) is 32.2 Å². The zero-order chi connectivity index (χ0) is 16.1. The third-order valence-corrected chi connectivity index (χ3v) is 16.2. The van der Waals surface area contributed by atoms with Crippen molar-refractivity contribution < 1.29 is 26.0 Å². The van der Waals surface area contributed by atoms with Crippen LogP contribution in [-0.4, -0.2) is 49.0 Å². The molecule has 1 unspecified atom stereocenters. The van der Waals surface area contributed by atoms with Crippen LogP contribution in [0.3, 0.4) is 0 Å². The molecule has 1 fully saturated rings. The molecule has 0 spiro atoms. The summed E-state index contributed by atoms with van der Waals surface area (Å²) in [5.74, 6) is -0.348. The Morgan fingerprint density at radius 1 is 1.29 bits per heavy atom. The zero-order valence-electron chi connectivity index (χ0n) is 13.6. The van der Waals surface area contributed by atoms with Crippen molar-refractivity contribution in [2.24, 2.45) is 0 Å². The molecule has 122 valence electrons. The number of hydrogen-bond acceptors (Lipinski definition) is 6. The summed E-state index contributed by atoms with van der Waals surface area (Å²) in [4.78, 5) is 11.3. The van der Waals surface area contributed by atoms with E-state index in [0.29, 0.717) is 12.2 Å². The molecule has 0 aliphatic carbocycles. The van der Waals surface area contributed by atoms with Gasteiger partial charge >= 0.3 is 32.4 Å².